The molecule has 0 amide bonds. The maximum atomic E-state index is 11.9. The van der Waals surface area contributed by atoms with Crippen molar-refractivity contribution in [3.8, 4) is 0 Å². The van der Waals surface area contributed by atoms with Gasteiger partial charge in [0, 0.05) is 38.9 Å². The van der Waals surface area contributed by atoms with Crippen molar-refractivity contribution in [3.05, 3.63) is 11.8 Å². The zero-order chi connectivity index (χ0) is 13.0. The minimum Gasteiger partial charge on any atom is -0.497 e. The Morgan fingerprint density at radius 1 is 1.22 bits per heavy atom. The predicted octanol–water partition coefficient (Wildman–Crippen LogP) is 2.12. The molecule has 0 aromatic carbocycles. The Balaban J connectivity index is 1.88. The van der Waals surface area contributed by atoms with Crippen LogP contribution in [-0.2, 0) is 26.3 Å². The molecule has 104 valence electrons. The van der Waals surface area contributed by atoms with E-state index in [2.05, 4.69) is 0 Å². The largest absolute Gasteiger partial charge is 0.497 e. The SMILES string of the molecule is CC(OC=C1CCCCC1)C1CS(=O)CCS1=O. The van der Waals surface area contributed by atoms with Gasteiger partial charge < -0.3 is 4.74 Å². The van der Waals surface area contributed by atoms with E-state index in [1.807, 2.05) is 13.2 Å². The normalized spacial score (nSPS) is 34.9. The molecule has 0 aromatic rings. The van der Waals surface area contributed by atoms with Crippen molar-refractivity contribution < 1.29 is 13.2 Å². The fraction of sp³-hybridized carbons (Fsp3) is 0.846. The standard InChI is InChI=1S/C13H22O3S2/c1-11(13-10-17(14)7-8-18(13)15)16-9-12-5-3-2-4-6-12/h9,11,13H,2-8,10H2,1H3. The highest BCUT2D eigenvalue weighted by Crippen LogP contribution is 2.23. The van der Waals surface area contributed by atoms with Gasteiger partial charge in [-0.05, 0) is 38.2 Å². The second kappa shape index (κ2) is 6.85. The average Bonchev–Trinajstić information content (AvgIpc) is 2.40. The van der Waals surface area contributed by atoms with E-state index >= 15 is 0 Å². The van der Waals surface area contributed by atoms with Crippen LogP contribution in [-0.4, -0.2) is 37.0 Å². The van der Waals surface area contributed by atoms with Crippen molar-refractivity contribution in [1.82, 2.24) is 0 Å². The zero-order valence-corrected chi connectivity index (χ0v) is 12.6. The second-order valence-electron chi connectivity index (χ2n) is 5.11. The molecule has 1 saturated carbocycles. The summed E-state index contributed by atoms with van der Waals surface area (Å²) in [6.07, 6.45) is 7.87. The molecule has 4 atom stereocenters. The summed E-state index contributed by atoms with van der Waals surface area (Å²) >= 11 is 0. The Morgan fingerprint density at radius 2 is 1.94 bits per heavy atom. The van der Waals surface area contributed by atoms with E-state index in [0.717, 1.165) is 12.8 Å². The van der Waals surface area contributed by atoms with Crippen molar-refractivity contribution in [3.63, 3.8) is 0 Å². The molecule has 0 aromatic heterocycles. The maximum Gasteiger partial charge on any atom is 0.110 e. The van der Waals surface area contributed by atoms with Crippen LogP contribution in [0.2, 0.25) is 0 Å². The Labute approximate surface area is 114 Å². The van der Waals surface area contributed by atoms with Gasteiger partial charge in [-0.25, -0.2) is 0 Å². The lowest BCUT2D eigenvalue weighted by atomic mass is 9.96. The van der Waals surface area contributed by atoms with Crippen LogP contribution in [0.25, 0.3) is 0 Å². The molecule has 0 bridgehead atoms. The van der Waals surface area contributed by atoms with Gasteiger partial charge in [-0.1, -0.05) is 6.42 Å². The molecule has 3 nitrogen and oxygen atoms in total. The molecule has 18 heavy (non-hydrogen) atoms. The molecule has 5 heteroatoms. The highest BCUT2D eigenvalue weighted by Gasteiger charge is 2.30. The van der Waals surface area contributed by atoms with E-state index in [9.17, 15) is 8.42 Å². The van der Waals surface area contributed by atoms with Gasteiger partial charge in [0.15, 0.2) is 0 Å². The first kappa shape index (κ1) is 14.3. The fourth-order valence-electron chi connectivity index (χ4n) is 2.43. The maximum absolute atomic E-state index is 11.9. The lowest BCUT2D eigenvalue weighted by Crippen LogP contribution is -2.41. The zero-order valence-electron chi connectivity index (χ0n) is 10.9. The third-order valence-electron chi connectivity index (χ3n) is 3.67. The summed E-state index contributed by atoms with van der Waals surface area (Å²) in [4.78, 5) is 0. The van der Waals surface area contributed by atoms with Crippen molar-refractivity contribution in [2.24, 2.45) is 0 Å². The lowest BCUT2D eigenvalue weighted by Gasteiger charge is -2.26. The lowest BCUT2D eigenvalue weighted by molar-refractivity contribution is 0.158. The summed E-state index contributed by atoms with van der Waals surface area (Å²) < 4.78 is 29.2. The van der Waals surface area contributed by atoms with Gasteiger partial charge >= 0.3 is 0 Å². The first-order chi connectivity index (χ1) is 8.66. The van der Waals surface area contributed by atoms with Crippen molar-refractivity contribution >= 4 is 21.6 Å². The molecule has 1 aliphatic carbocycles. The number of hydrogen-bond donors (Lipinski definition) is 0. The molecule has 1 heterocycles. The first-order valence-electron chi connectivity index (χ1n) is 6.72. The topological polar surface area (TPSA) is 43.4 Å². The molecule has 2 rings (SSSR count). The van der Waals surface area contributed by atoms with Gasteiger partial charge in [0.2, 0.25) is 0 Å². The molecule has 2 fully saturated rings. The molecule has 0 radical (unpaired) electrons. The van der Waals surface area contributed by atoms with Gasteiger partial charge in [-0.2, -0.15) is 0 Å². The van der Waals surface area contributed by atoms with Crippen LogP contribution >= 0.6 is 0 Å². The minimum absolute atomic E-state index is 0.0694. The fourth-order valence-corrected chi connectivity index (χ4v) is 6.49. The molecule has 0 spiro atoms. The molecule has 2 aliphatic rings. The highest BCUT2D eigenvalue weighted by molar-refractivity contribution is 7.92. The number of ether oxygens (including phenoxy) is 1. The second-order valence-corrected chi connectivity index (χ2v) is 8.51. The summed E-state index contributed by atoms with van der Waals surface area (Å²) in [5.41, 5.74) is 1.37. The van der Waals surface area contributed by atoms with Gasteiger partial charge in [0.1, 0.15) is 6.10 Å². The number of allylic oxidation sites excluding steroid dienone is 1. The molecule has 1 saturated heterocycles. The van der Waals surface area contributed by atoms with E-state index in [4.69, 9.17) is 4.74 Å². The minimum atomic E-state index is -0.883. The Hall–Kier alpha value is -0.160. The van der Waals surface area contributed by atoms with Crippen LogP contribution in [0.1, 0.15) is 39.0 Å². The van der Waals surface area contributed by atoms with Crippen LogP contribution < -0.4 is 0 Å². The first-order valence-corrected chi connectivity index (χ1v) is 9.59. The van der Waals surface area contributed by atoms with Gasteiger partial charge in [0.25, 0.3) is 0 Å². The highest BCUT2D eigenvalue weighted by atomic mass is 32.2. The number of hydrogen-bond acceptors (Lipinski definition) is 3. The summed E-state index contributed by atoms with van der Waals surface area (Å²) in [6.45, 7) is 1.95. The monoisotopic (exact) mass is 290 g/mol. The van der Waals surface area contributed by atoms with Crippen LogP contribution in [0.3, 0.4) is 0 Å². The third-order valence-corrected chi connectivity index (χ3v) is 7.36. The summed E-state index contributed by atoms with van der Waals surface area (Å²) in [5, 5.41) is -0.0694. The van der Waals surface area contributed by atoms with Crippen molar-refractivity contribution in [2.75, 3.05) is 17.3 Å². The molecule has 0 N–H and O–H groups in total. The quantitative estimate of drug-likeness (QED) is 0.748. The average molecular weight is 290 g/mol. The molecule has 1 aliphatic heterocycles. The third kappa shape index (κ3) is 3.92. The van der Waals surface area contributed by atoms with E-state index in [1.165, 1.54) is 24.8 Å². The molecule has 4 unspecified atom stereocenters. The van der Waals surface area contributed by atoms with Crippen molar-refractivity contribution in [2.45, 2.75) is 50.4 Å². The van der Waals surface area contributed by atoms with Crippen LogP contribution in [0.15, 0.2) is 11.8 Å². The Kier molecular flexibility index (Phi) is 5.42. The summed E-state index contributed by atoms with van der Waals surface area (Å²) in [6, 6.07) is 0. The smallest absolute Gasteiger partial charge is 0.110 e. The van der Waals surface area contributed by atoms with E-state index in [0.29, 0.717) is 17.3 Å². The van der Waals surface area contributed by atoms with Gasteiger partial charge in [-0.15, -0.1) is 0 Å². The van der Waals surface area contributed by atoms with Crippen LogP contribution in [0.4, 0.5) is 0 Å². The Bertz CT molecular complexity index is 357. The van der Waals surface area contributed by atoms with E-state index in [1.54, 1.807) is 0 Å². The van der Waals surface area contributed by atoms with Gasteiger partial charge in [0.05, 0.1) is 11.5 Å². The summed E-state index contributed by atoms with van der Waals surface area (Å²) in [5.74, 6) is 1.66. The van der Waals surface area contributed by atoms with E-state index < -0.39 is 21.6 Å². The molecular formula is C13H22O3S2. The van der Waals surface area contributed by atoms with Crippen molar-refractivity contribution in [1.29, 1.82) is 0 Å². The van der Waals surface area contributed by atoms with E-state index in [-0.39, 0.29) is 11.4 Å². The number of rotatable bonds is 3. The van der Waals surface area contributed by atoms with Gasteiger partial charge in [-0.3, -0.25) is 8.42 Å². The Morgan fingerprint density at radius 3 is 2.67 bits per heavy atom. The van der Waals surface area contributed by atoms with Crippen LogP contribution in [0.5, 0.6) is 0 Å². The molecular weight excluding hydrogens is 268 g/mol. The van der Waals surface area contributed by atoms with Crippen LogP contribution in [0, 0.1) is 0 Å². The summed E-state index contributed by atoms with van der Waals surface area (Å²) in [7, 11) is -1.70. The predicted molar refractivity (Wildman–Crippen MR) is 76.4 cm³/mol.